The zero-order valence-electron chi connectivity index (χ0n) is 12.9. The number of pyridine rings is 1. The Hall–Kier alpha value is -1.72. The number of morpholine rings is 1. The van der Waals surface area contributed by atoms with Gasteiger partial charge in [-0.1, -0.05) is 0 Å². The van der Waals surface area contributed by atoms with Gasteiger partial charge in [0.1, 0.15) is 5.82 Å². The van der Waals surface area contributed by atoms with E-state index in [9.17, 15) is 4.39 Å². The Morgan fingerprint density at radius 3 is 2.95 bits per heavy atom. The maximum atomic E-state index is 13.7. The van der Waals surface area contributed by atoms with Crippen LogP contribution in [0.25, 0.3) is 10.9 Å². The molecule has 2 aromatic rings. The van der Waals surface area contributed by atoms with Gasteiger partial charge in [0.05, 0.1) is 24.3 Å². The average molecular weight is 301 g/mol. The predicted octanol–water partition coefficient (Wildman–Crippen LogP) is 2.20. The lowest BCUT2D eigenvalue weighted by Crippen LogP contribution is -2.48. The highest BCUT2D eigenvalue weighted by Gasteiger charge is 2.39. The van der Waals surface area contributed by atoms with Crippen molar-refractivity contribution in [3.05, 3.63) is 35.8 Å². The van der Waals surface area contributed by atoms with E-state index in [0.717, 1.165) is 48.5 Å². The Morgan fingerprint density at radius 2 is 2.14 bits per heavy atom. The summed E-state index contributed by atoms with van der Waals surface area (Å²) in [5, 5.41) is 0.881. The normalized spacial score (nSPS) is 25.7. The van der Waals surface area contributed by atoms with E-state index < -0.39 is 0 Å². The second-order valence-corrected chi connectivity index (χ2v) is 6.31. The average Bonchev–Trinajstić information content (AvgIpc) is 2.92. The first-order valence-corrected chi connectivity index (χ1v) is 7.75. The van der Waals surface area contributed by atoms with E-state index >= 15 is 0 Å². The van der Waals surface area contributed by atoms with Gasteiger partial charge in [-0.05, 0) is 38.2 Å². The number of likely N-dealkylation sites (N-methyl/N-ethyl adjacent to an activating group) is 1. The number of halogens is 1. The van der Waals surface area contributed by atoms with Gasteiger partial charge in [0.2, 0.25) is 0 Å². The van der Waals surface area contributed by atoms with E-state index in [4.69, 9.17) is 4.74 Å². The molecule has 0 radical (unpaired) electrons. The van der Waals surface area contributed by atoms with E-state index in [1.54, 1.807) is 12.1 Å². The third-order valence-corrected chi connectivity index (χ3v) is 4.80. The number of aromatic nitrogens is 1. The molecule has 116 valence electrons. The molecule has 0 N–H and O–H groups in total. The fraction of sp³-hybridized carbons (Fsp3) is 0.471. The highest BCUT2D eigenvalue weighted by Crippen LogP contribution is 2.32. The molecule has 1 aromatic heterocycles. The Balaban J connectivity index is 1.76. The second kappa shape index (κ2) is 5.18. The number of ether oxygens (including phenoxy) is 1. The summed E-state index contributed by atoms with van der Waals surface area (Å²) in [6.07, 6.45) is 0.232. The highest BCUT2D eigenvalue weighted by atomic mass is 19.1. The first-order valence-electron chi connectivity index (χ1n) is 7.75. The molecule has 3 heterocycles. The maximum absolute atomic E-state index is 13.7. The van der Waals surface area contributed by atoms with Crippen molar-refractivity contribution in [1.29, 1.82) is 0 Å². The molecule has 2 atom stereocenters. The number of hydrogen-bond acceptors (Lipinski definition) is 4. The van der Waals surface area contributed by atoms with Crippen molar-refractivity contribution in [2.45, 2.75) is 19.1 Å². The first-order chi connectivity index (χ1) is 10.6. The van der Waals surface area contributed by atoms with Crippen molar-refractivity contribution in [2.24, 2.45) is 0 Å². The van der Waals surface area contributed by atoms with Gasteiger partial charge in [0.25, 0.3) is 0 Å². The quantitative estimate of drug-likeness (QED) is 0.807. The third kappa shape index (κ3) is 2.25. The van der Waals surface area contributed by atoms with E-state index in [2.05, 4.69) is 27.9 Å². The van der Waals surface area contributed by atoms with Crippen LogP contribution in [-0.4, -0.2) is 55.3 Å². The summed E-state index contributed by atoms with van der Waals surface area (Å²) >= 11 is 0. The number of hydrogen-bond donors (Lipinski definition) is 0. The lowest BCUT2D eigenvalue weighted by Gasteiger charge is -2.33. The summed E-state index contributed by atoms with van der Waals surface area (Å²) in [4.78, 5) is 9.20. The summed E-state index contributed by atoms with van der Waals surface area (Å²) in [5.74, 6) is -0.218. The van der Waals surface area contributed by atoms with Crippen LogP contribution >= 0.6 is 0 Å². The highest BCUT2D eigenvalue weighted by molar-refractivity contribution is 5.92. The number of benzene rings is 1. The maximum Gasteiger partial charge on any atom is 0.124 e. The molecule has 0 bridgehead atoms. The minimum atomic E-state index is -0.218. The van der Waals surface area contributed by atoms with Crippen molar-refractivity contribution in [3.8, 4) is 0 Å². The van der Waals surface area contributed by atoms with Crippen molar-refractivity contribution < 1.29 is 9.13 Å². The van der Waals surface area contributed by atoms with Crippen LogP contribution in [0.3, 0.4) is 0 Å². The zero-order valence-corrected chi connectivity index (χ0v) is 12.9. The number of fused-ring (bicyclic) bond motifs is 2. The van der Waals surface area contributed by atoms with Crippen LogP contribution in [0.15, 0.2) is 24.3 Å². The minimum absolute atomic E-state index is 0.218. The minimum Gasteiger partial charge on any atom is -0.373 e. The number of aryl methyl sites for hydroxylation is 1. The second-order valence-electron chi connectivity index (χ2n) is 6.31. The summed E-state index contributed by atoms with van der Waals surface area (Å²) in [7, 11) is 2.15. The first kappa shape index (κ1) is 13.9. The number of anilines is 1. The van der Waals surface area contributed by atoms with Gasteiger partial charge < -0.3 is 9.64 Å². The fourth-order valence-electron chi connectivity index (χ4n) is 3.62. The molecule has 22 heavy (non-hydrogen) atoms. The van der Waals surface area contributed by atoms with Gasteiger partial charge in [-0.3, -0.25) is 9.88 Å². The standard InChI is InChI=1S/C17H20FN3O/c1-11-7-15(13-8-12(18)3-4-14(13)19-11)21-9-16-17(10-21)22-6-5-20(16)2/h3-4,7-8,16-17H,5-6,9-10H2,1-2H3. The summed E-state index contributed by atoms with van der Waals surface area (Å²) in [6.45, 7) is 5.51. The predicted molar refractivity (Wildman–Crippen MR) is 84.8 cm³/mol. The molecule has 2 aliphatic rings. The Labute approximate surface area is 129 Å². The molecule has 0 saturated carbocycles. The van der Waals surface area contributed by atoms with Crippen LogP contribution in [0.5, 0.6) is 0 Å². The molecule has 0 amide bonds. The van der Waals surface area contributed by atoms with E-state index in [-0.39, 0.29) is 11.9 Å². The molecule has 4 rings (SSSR count). The SMILES string of the molecule is Cc1cc(N2CC3OCCN(C)C3C2)c2cc(F)ccc2n1. The van der Waals surface area contributed by atoms with Crippen molar-refractivity contribution in [2.75, 3.05) is 38.2 Å². The van der Waals surface area contributed by atoms with E-state index in [1.807, 2.05) is 6.92 Å². The molecule has 5 heteroatoms. The lowest BCUT2D eigenvalue weighted by atomic mass is 10.1. The molecule has 1 aromatic carbocycles. The topological polar surface area (TPSA) is 28.6 Å². The van der Waals surface area contributed by atoms with Crippen molar-refractivity contribution in [1.82, 2.24) is 9.88 Å². The number of nitrogens with zero attached hydrogens (tertiary/aromatic N) is 3. The van der Waals surface area contributed by atoms with Crippen molar-refractivity contribution >= 4 is 16.6 Å². The third-order valence-electron chi connectivity index (χ3n) is 4.80. The fourth-order valence-corrected chi connectivity index (χ4v) is 3.62. The van der Waals surface area contributed by atoms with Crippen LogP contribution < -0.4 is 4.90 Å². The molecular weight excluding hydrogens is 281 g/mol. The molecular formula is C17H20FN3O. The van der Waals surface area contributed by atoms with Crippen LogP contribution in [-0.2, 0) is 4.74 Å². The Morgan fingerprint density at radius 1 is 1.27 bits per heavy atom. The van der Waals surface area contributed by atoms with E-state index in [0.29, 0.717) is 6.04 Å². The van der Waals surface area contributed by atoms with Crippen LogP contribution in [0.4, 0.5) is 10.1 Å². The van der Waals surface area contributed by atoms with Crippen LogP contribution in [0.1, 0.15) is 5.69 Å². The van der Waals surface area contributed by atoms with Gasteiger partial charge in [-0.15, -0.1) is 0 Å². The van der Waals surface area contributed by atoms with Gasteiger partial charge in [0.15, 0.2) is 0 Å². The summed E-state index contributed by atoms with van der Waals surface area (Å²) in [5.41, 5.74) is 2.87. The molecule has 4 nitrogen and oxygen atoms in total. The van der Waals surface area contributed by atoms with Crippen LogP contribution in [0, 0.1) is 12.7 Å². The summed E-state index contributed by atoms with van der Waals surface area (Å²) < 4.78 is 19.6. The monoisotopic (exact) mass is 301 g/mol. The number of rotatable bonds is 1. The van der Waals surface area contributed by atoms with Crippen molar-refractivity contribution in [3.63, 3.8) is 0 Å². The Kier molecular flexibility index (Phi) is 3.27. The van der Waals surface area contributed by atoms with Gasteiger partial charge in [0, 0.05) is 36.4 Å². The summed E-state index contributed by atoms with van der Waals surface area (Å²) in [6, 6.07) is 7.28. The molecule has 2 fully saturated rings. The van der Waals surface area contributed by atoms with Gasteiger partial charge >= 0.3 is 0 Å². The molecule has 2 unspecified atom stereocenters. The molecule has 0 aliphatic carbocycles. The van der Waals surface area contributed by atoms with Gasteiger partial charge in [-0.2, -0.15) is 0 Å². The van der Waals surface area contributed by atoms with Crippen LogP contribution in [0.2, 0.25) is 0 Å². The Bertz CT molecular complexity index is 720. The smallest absolute Gasteiger partial charge is 0.124 e. The zero-order chi connectivity index (χ0) is 15.3. The molecule has 2 saturated heterocycles. The molecule has 0 spiro atoms. The van der Waals surface area contributed by atoms with E-state index in [1.165, 1.54) is 6.07 Å². The largest absolute Gasteiger partial charge is 0.373 e. The van der Waals surface area contributed by atoms with Gasteiger partial charge in [-0.25, -0.2) is 4.39 Å². The molecule has 2 aliphatic heterocycles. The lowest BCUT2D eigenvalue weighted by molar-refractivity contribution is -0.0362.